The molecule has 2 heterocycles. The molecule has 2 aromatic rings. The molecular weight excluding hydrogens is 264 g/mol. The standard InChI is InChI=1S/C12H10N4O2S/c1-9-4-2-6-12(15-9)16-19(17,18)11-5-3-7-14-10(11)8-13/h2-7H,1H3,(H,15,16). The second kappa shape index (κ2) is 5.04. The van der Waals surface area contributed by atoms with E-state index < -0.39 is 10.0 Å². The Morgan fingerprint density at radius 1 is 1.26 bits per heavy atom. The molecule has 0 saturated carbocycles. The van der Waals surface area contributed by atoms with Gasteiger partial charge in [0.05, 0.1) is 0 Å². The van der Waals surface area contributed by atoms with Crippen LogP contribution < -0.4 is 4.72 Å². The fraction of sp³-hybridized carbons (Fsp3) is 0.0833. The zero-order valence-electron chi connectivity index (χ0n) is 10.0. The van der Waals surface area contributed by atoms with Gasteiger partial charge >= 0.3 is 0 Å². The Bertz CT molecular complexity index is 750. The average molecular weight is 274 g/mol. The largest absolute Gasteiger partial charge is 0.265 e. The van der Waals surface area contributed by atoms with Crippen LogP contribution in [0.1, 0.15) is 11.4 Å². The first kappa shape index (κ1) is 13.0. The van der Waals surface area contributed by atoms with Crippen LogP contribution in [-0.4, -0.2) is 18.4 Å². The molecule has 2 rings (SSSR count). The van der Waals surface area contributed by atoms with Gasteiger partial charge in [-0.15, -0.1) is 0 Å². The molecule has 0 unspecified atom stereocenters. The number of sulfonamides is 1. The van der Waals surface area contributed by atoms with Gasteiger partial charge in [-0.3, -0.25) is 4.72 Å². The van der Waals surface area contributed by atoms with E-state index in [1.54, 1.807) is 25.1 Å². The second-order valence-corrected chi connectivity index (χ2v) is 5.38. The Hall–Kier alpha value is -2.46. The summed E-state index contributed by atoms with van der Waals surface area (Å²) in [6, 6.07) is 9.51. The predicted molar refractivity (Wildman–Crippen MR) is 68.7 cm³/mol. The Morgan fingerprint density at radius 3 is 2.74 bits per heavy atom. The molecule has 0 bridgehead atoms. The number of aromatic nitrogens is 2. The van der Waals surface area contributed by atoms with E-state index in [2.05, 4.69) is 14.7 Å². The first-order valence-corrected chi connectivity index (χ1v) is 6.83. The van der Waals surface area contributed by atoms with Crippen LogP contribution in [0.15, 0.2) is 41.4 Å². The highest BCUT2D eigenvalue weighted by molar-refractivity contribution is 7.92. The van der Waals surface area contributed by atoms with Gasteiger partial charge in [0.25, 0.3) is 10.0 Å². The molecule has 0 atom stereocenters. The lowest BCUT2D eigenvalue weighted by Crippen LogP contribution is -2.16. The van der Waals surface area contributed by atoms with Gasteiger partial charge in [-0.05, 0) is 31.2 Å². The number of nitriles is 1. The first-order chi connectivity index (χ1) is 9.03. The number of rotatable bonds is 3. The van der Waals surface area contributed by atoms with Crippen molar-refractivity contribution in [3.8, 4) is 6.07 Å². The molecule has 1 N–H and O–H groups in total. The van der Waals surface area contributed by atoms with E-state index in [-0.39, 0.29) is 16.4 Å². The van der Waals surface area contributed by atoms with E-state index in [9.17, 15) is 8.42 Å². The zero-order chi connectivity index (χ0) is 13.9. The lowest BCUT2D eigenvalue weighted by Gasteiger charge is -2.08. The van der Waals surface area contributed by atoms with Gasteiger partial charge in [0, 0.05) is 11.9 Å². The molecule has 0 aromatic carbocycles. The topological polar surface area (TPSA) is 95.7 Å². The van der Waals surface area contributed by atoms with Crippen molar-refractivity contribution in [2.75, 3.05) is 4.72 Å². The van der Waals surface area contributed by atoms with Crippen LogP contribution in [0.3, 0.4) is 0 Å². The lowest BCUT2D eigenvalue weighted by molar-refractivity contribution is 0.600. The molecule has 0 aliphatic heterocycles. The summed E-state index contributed by atoms with van der Waals surface area (Å²) in [5.74, 6) is 0.202. The van der Waals surface area contributed by atoms with E-state index in [4.69, 9.17) is 5.26 Å². The zero-order valence-corrected chi connectivity index (χ0v) is 10.8. The molecule has 0 fully saturated rings. The van der Waals surface area contributed by atoms with Gasteiger partial charge in [0.15, 0.2) is 5.69 Å². The SMILES string of the molecule is Cc1cccc(NS(=O)(=O)c2cccnc2C#N)n1. The molecule has 19 heavy (non-hydrogen) atoms. The number of hydrogen-bond donors (Lipinski definition) is 1. The third-order valence-electron chi connectivity index (χ3n) is 2.29. The van der Waals surface area contributed by atoms with Crippen molar-refractivity contribution < 1.29 is 8.42 Å². The highest BCUT2D eigenvalue weighted by Gasteiger charge is 2.19. The molecular formula is C12H10N4O2S. The molecule has 6 nitrogen and oxygen atoms in total. The molecule has 0 aliphatic rings. The fourth-order valence-electron chi connectivity index (χ4n) is 1.48. The number of aryl methyl sites for hydroxylation is 1. The van der Waals surface area contributed by atoms with Gasteiger partial charge in [-0.1, -0.05) is 6.07 Å². The molecule has 7 heteroatoms. The van der Waals surface area contributed by atoms with Crippen LogP contribution in [-0.2, 0) is 10.0 Å². The summed E-state index contributed by atoms with van der Waals surface area (Å²) < 4.78 is 26.6. The van der Waals surface area contributed by atoms with E-state index >= 15 is 0 Å². The van der Waals surface area contributed by atoms with E-state index in [0.717, 1.165) is 0 Å². The summed E-state index contributed by atoms with van der Waals surface area (Å²) in [5.41, 5.74) is 0.537. The minimum absolute atomic E-state index is 0.150. The fourth-order valence-corrected chi connectivity index (χ4v) is 2.59. The van der Waals surface area contributed by atoms with Crippen LogP contribution in [0.2, 0.25) is 0 Å². The minimum Gasteiger partial charge on any atom is -0.263 e. The maximum atomic E-state index is 12.2. The van der Waals surface area contributed by atoms with Gasteiger partial charge in [-0.25, -0.2) is 18.4 Å². The van der Waals surface area contributed by atoms with E-state index in [1.165, 1.54) is 24.4 Å². The molecule has 0 aliphatic carbocycles. The molecule has 0 amide bonds. The van der Waals surface area contributed by atoms with E-state index in [1.807, 2.05) is 0 Å². The summed E-state index contributed by atoms with van der Waals surface area (Å²) in [6.07, 6.45) is 1.36. The van der Waals surface area contributed by atoms with Crippen molar-refractivity contribution in [2.24, 2.45) is 0 Å². The summed E-state index contributed by atoms with van der Waals surface area (Å²) >= 11 is 0. The Labute approximate surface area is 110 Å². The summed E-state index contributed by atoms with van der Waals surface area (Å²) in [4.78, 5) is 7.60. The number of nitrogens with zero attached hydrogens (tertiary/aromatic N) is 3. The number of pyridine rings is 2. The minimum atomic E-state index is -3.87. The van der Waals surface area contributed by atoms with Gasteiger partial charge in [-0.2, -0.15) is 5.26 Å². The van der Waals surface area contributed by atoms with Crippen LogP contribution in [0.4, 0.5) is 5.82 Å². The van der Waals surface area contributed by atoms with Crippen LogP contribution in [0.5, 0.6) is 0 Å². The average Bonchev–Trinajstić information content (AvgIpc) is 2.38. The van der Waals surface area contributed by atoms with E-state index in [0.29, 0.717) is 5.69 Å². The number of hydrogen-bond acceptors (Lipinski definition) is 5. The highest BCUT2D eigenvalue weighted by atomic mass is 32.2. The Balaban J connectivity index is 2.41. The van der Waals surface area contributed by atoms with Crippen molar-refractivity contribution in [3.63, 3.8) is 0 Å². The second-order valence-electron chi connectivity index (χ2n) is 3.73. The van der Waals surface area contributed by atoms with Crippen molar-refractivity contribution in [2.45, 2.75) is 11.8 Å². The third kappa shape index (κ3) is 2.86. The summed E-state index contributed by atoms with van der Waals surface area (Å²) in [6.45, 7) is 1.75. The van der Waals surface area contributed by atoms with Crippen LogP contribution in [0, 0.1) is 18.3 Å². The highest BCUT2D eigenvalue weighted by Crippen LogP contribution is 2.16. The maximum Gasteiger partial charge on any atom is 0.265 e. The monoisotopic (exact) mass is 274 g/mol. The normalized spacial score (nSPS) is 10.7. The number of anilines is 1. The summed E-state index contributed by atoms with van der Waals surface area (Å²) in [7, 11) is -3.87. The Kier molecular flexibility index (Phi) is 3.44. The molecule has 2 aromatic heterocycles. The molecule has 96 valence electrons. The lowest BCUT2D eigenvalue weighted by atomic mass is 10.4. The van der Waals surface area contributed by atoms with Crippen LogP contribution >= 0.6 is 0 Å². The van der Waals surface area contributed by atoms with Crippen LogP contribution in [0.25, 0.3) is 0 Å². The molecule has 0 saturated heterocycles. The quantitative estimate of drug-likeness (QED) is 0.914. The first-order valence-electron chi connectivity index (χ1n) is 5.34. The van der Waals surface area contributed by atoms with Crippen molar-refractivity contribution in [3.05, 3.63) is 47.9 Å². The van der Waals surface area contributed by atoms with Crippen molar-refractivity contribution >= 4 is 15.8 Å². The van der Waals surface area contributed by atoms with Gasteiger partial charge in [0.2, 0.25) is 0 Å². The smallest absolute Gasteiger partial charge is 0.263 e. The molecule has 0 radical (unpaired) electrons. The Morgan fingerprint density at radius 2 is 2.05 bits per heavy atom. The number of nitrogens with one attached hydrogen (secondary N) is 1. The van der Waals surface area contributed by atoms with Gasteiger partial charge < -0.3 is 0 Å². The van der Waals surface area contributed by atoms with Gasteiger partial charge in [0.1, 0.15) is 16.8 Å². The third-order valence-corrected chi connectivity index (χ3v) is 3.68. The van der Waals surface area contributed by atoms with Crippen molar-refractivity contribution in [1.29, 1.82) is 5.26 Å². The predicted octanol–water partition coefficient (Wildman–Crippen LogP) is 1.46. The molecule has 0 spiro atoms. The maximum absolute atomic E-state index is 12.2. The summed E-state index contributed by atoms with van der Waals surface area (Å²) in [5, 5.41) is 8.87. The van der Waals surface area contributed by atoms with Crippen molar-refractivity contribution in [1.82, 2.24) is 9.97 Å².